The lowest BCUT2D eigenvalue weighted by atomic mass is 9.81. The first-order valence-electron chi connectivity index (χ1n) is 21.2. The lowest BCUT2D eigenvalue weighted by Gasteiger charge is -2.32. The molecule has 0 unspecified atom stereocenters. The van der Waals surface area contributed by atoms with Crippen molar-refractivity contribution in [2.45, 2.75) is 19.3 Å². The summed E-state index contributed by atoms with van der Waals surface area (Å²) in [5, 5.41) is 7.10. The Hall–Kier alpha value is -7.68. The second-order valence-corrected chi connectivity index (χ2v) is 16.8. The van der Waals surface area contributed by atoms with E-state index in [1.807, 2.05) is 0 Å². The summed E-state index contributed by atoms with van der Waals surface area (Å²) in [6.45, 7) is 4.75. The van der Waals surface area contributed by atoms with Crippen molar-refractivity contribution in [2.75, 3.05) is 4.90 Å². The monoisotopic (exact) mass is 779 g/mol. The number of hydrogen-bond donors (Lipinski definition) is 0. The average Bonchev–Trinajstić information content (AvgIpc) is 3.83. The summed E-state index contributed by atoms with van der Waals surface area (Å²) in [5.74, 6) is 0. The Morgan fingerprint density at radius 3 is 1.75 bits per heavy atom. The third-order valence-corrected chi connectivity index (χ3v) is 13.1. The van der Waals surface area contributed by atoms with Gasteiger partial charge in [-0.1, -0.05) is 184 Å². The van der Waals surface area contributed by atoms with Crippen LogP contribution in [0.1, 0.15) is 25.0 Å². The van der Waals surface area contributed by atoms with Gasteiger partial charge in [-0.05, 0) is 114 Å². The molecule has 2 heteroatoms. The van der Waals surface area contributed by atoms with E-state index in [0.29, 0.717) is 0 Å². The summed E-state index contributed by atoms with van der Waals surface area (Å²) >= 11 is 0. The van der Waals surface area contributed by atoms with Crippen molar-refractivity contribution in [3.8, 4) is 44.5 Å². The van der Waals surface area contributed by atoms with Crippen LogP contribution in [0.2, 0.25) is 0 Å². The van der Waals surface area contributed by atoms with Crippen LogP contribution in [0.25, 0.3) is 88.0 Å². The lowest BCUT2D eigenvalue weighted by molar-refractivity contribution is 0.661. The minimum Gasteiger partial charge on any atom is -0.455 e. The molecular weight excluding hydrogens is 739 g/mol. The first-order chi connectivity index (χ1) is 30.0. The normalized spacial score (nSPS) is 12.9. The van der Waals surface area contributed by atoms with Crippen molar-refractivity contribution < 1.29 is 4.42 Å². The molecule has 1 heterocycles. The van der Waals surface area contributed by atoms with Crippen LogP contribution >= 0.6 is 0 Å². The van der Waals surface area contributed by atoms with Gasteiger partial charge in [0.05, 0.1) is 16.8 Å². The quantitative estimate of drug-likeness (QED) is 0.156. The third kappa shape index (κ3) is 5.49. The van der Waals surface area contributed by atoms with Gasteiger partial charge in [0.25, 0.3) is 0 Å². The largest absolute Gasteiger partial charge is 0.455 e. The highest BCUT2D eigenvalue weighted by Crippen LogP contribution is 2.56. The molecule has 0 bridgehead atoms. The molecule has 61 heavy (non-hydrogen) atoms. The van der Waals surface area contributed by atoms with Crippen molar-refractivity contribution in [3.05, 3.63) is 223 Å². The zero-order valence-corrected chi connectivity index (χ0v) is 34.1. The summed E-state index contributed by atoms with van der Waals surface area (Å²) in [5.41, 5.74) is 17.1. The van der Waals surface area contributed by atoms with Gasteiger partial charge in [0, 0.05) is 22.1 Å². The van der Waals surface area contributed by atoms with Gasteiger partial charge >= 0.3 is 0 Å². The van der Waals surface area contributed by atoms with Gasteiger partial charge in [-0.15, -0.1) is 0 Å². The van der Waals surface area contributed by atoms with Gasteiger partial charge in [-0.3, -0.25) is 0 Å². The fourth-order valence-corrected chi connectivity index (χ4v) is 10.2. The molecule has 288 valence electrons. The number of fused-ring (bicyclic) bond motifs is 9. The molecule has 0 N–H and O–H groups in total. The molecule has 0 amide bonds. The van der Waals surface area contributed by atoms with E-state index in [-0.39, 0.29) is 5.41 Å². The molecule has 11 aromatic rings. The Kier molecular flexibility index (Phi) is 7.92. The second-order valence-electron chi connectivity index (χ2n) is 16.8. The molecule has 1 aliphatic rings. The van der Waals surface area contributed by atoms with Gasteiger partial charge in [-0.25, -0.2) is 0 Å². The molecule has 0 radical (unpaired) electrons. The first-order valence-corrected chi connectivity index (χ1v) is 21.2. The highest BCUT2D eigenvalue weighted by Gasteiger charge is 2.39. The highest BCUT2D eigenvalue weighted by molar-refractivity contribution is 6.21. The van der Waals surface area contributed by atoms with Crippen molar-refractivity contribution in [3.63, 3.8) is 0 Å². The van der Waals surface area contributed by atoms with Crippen molar-refractivity contribution in [1.82, 2.24) is 0 Å². The van der Waals surface area contributed by atoms with Crippen molar-refractivity contribution in [1.29, 1.82) is 0 Å². The van der Waals surface area contributed by atoms with Crippen LogP contribution in [0, 0.1) is 0 Å². The molecule has 0 spiro atoms. The second kappa shape index (κ2) is 13.7. The van der Waals surface area contributed by atoms with E-state index >= 15 is 0 Å². The Bertz CT molecular complexity index is 3480. The summed E-state index contributed by atoms with van der Waals surface area (Å²) in [6, 6.07) is 77.2. The summed E-state index contributed by atoms with van der Waals surface area (Å²) in [4.78, 5) is 2.49. The third-order valence-electron chi connectivity index (χ3n) is 13.1. The fourth-order valence-electron chi connectivity index (χ4n) is 10.2. The predicted molar refractivity (Wildman–Crippen MR) is 257 cm³/mol. The molecule has 2 nitrogen and oxygen atoms in total. The van der Waals surface area contributed by atoms with Crippen molar-refractivity contribution in [2.24, 2.45) is 0 Å². The molecule has 1 aliphatic carbocycles. The number of furan rings is 1. The number of hydrogen-bond acceptors (Lipinski definition) is 2. The van der Waals surface area contributed by atoms with Crippen LogP contribution < -0.4 is 4.90 Å². The maximum atomic E-state index is 7.04. The summed E-state index contributed by atoms with van der Waals surface area (Å²) < 4.78 is 7.04. The molecular formula is C59H41NO. The van der Waals surface area contributed by atoms with E-state index in [0.717, 1.165) is 50.1 Å². The van der Waals surface area contributed by atoms with E-state index in [4.69, 9.17) is 4.42 Å². The first kappa shape index (κ1) is 35.3. The Morgan fingerprint density at radius 2 is 0.984 bits per heavy atom. The summed E-state index contributed by atoms with van der Waals surface area (Å²) in [6.07, 6.45) is 0. The SMILES string of the molecule is CC1(C)c2ccccc2-c2cccc(N(c3ccc(-c4ccc(-c5ccccc5)cc4)cc3)c3ccc(-c4cc5ccccc5c5ccccc45)c4oc5ccccc5c34)c21. The molecule has 10 aromatic carbocycles. The van der Waals surface area contributed by atoms with Crippen LogP contribution in [0.15, 0.2) is 217 Å². The fraction of sp³-hybridized carbons (Fsp3) is 0.0508. The minimum atomic E-state index is -0.233. The van der Waals surface area contributed by atoms with Gasteiger partial charge in [0.1, 0.15) is 11.2 Å². The van der Waals surface area contributed by atoms with Crippen molar-refractivity contribution >= 4 is 60.5 Å². The van der Waals surface area contributed by atoms with Crippen LogP contribution in [0.4, 0.5) is 17.1 Å². The van der Waals surface area contributed by atoms with Crippen LogP contribution in [0.3, 0.4) is 0 Å². The molecule has 1 aromatic heterocycles. The zero-order chi connectivity index (χ0) is 40.7. The smallest absolute Gasteiger partial charge is 0.145 e. The Balaban J connectivity index is 1.10. The number of nitrogens with zero attached hydrogens (tertiary/aromatic N) is 1. The predicted octanol–water partition coefficient (Wildman–Crippen LogP) is 16.7. The molecule has 0 fully saturated rings. The summed E-state index contributed by atoms with van der Waals surface area (Å²) in [7, 11) is 0. The highest BCUT2D eigenvalue weighted by atomic mass is 16.3. The standard InChI is InChI=1S/C59H41NO/c1-59(2)52-24-12-10-21-47(52)48-23-14-25-54(57(48)59)60(43-33-31-41(32-34-43)40-29-27-39(28-30-40)38-15-4-3-5-16-38)53-36-35-49(58-56(53)50-22-11-13-26-55(50)61-58)51-37-42-17-6-7-18-44(42)45-19-8-9-20-46(45)51/h3-37H,1-2H3. The number of benzene rings is 10. The van der Waals surface area contributed by atoms with E-state index in [1.54, 1.807) is 0 Å². The van der Waals surface area contributed by atoms with Crippen LogP contribution in [-0.4, -0.2) is 0 Å². The molecule has 0 saturated carbocycles. The van der Waals surface area contributed by atoms with Gasteiger partial charge in [0.15, 0.2) is 0 Å². The maximum Gasteiger partial charge on any atom is 0.145 e. The Labute approximate surface area is 355 Å². The maximum absolute atomic E-state index is 7.04. The zero-order valence-electron chi connectivity index (χ0n) is 34.1. The Morgan fingerprint density at radius 1 is 0.393 bits per heavy atom. The van der Waals surface area contributed by atoms with Crippen LogP contribution in [0.5, 0.6) is 0 Å². The van der Waals surface area contributed by atoms with E-state index in [9.17, 15) is 0 Å². The number of anilines is 3. The molecule has 0 atom stereocenters. The average molecular weight is 780 g/mol. The van der Waals surface area contributed by atoms with E-state index in [2.05, 4.69) is 231 Å². The van der Waals surface area contributed by atoms with E-state index in [1.165, 1.54) is 66.1 Å². The van der Waals surface area contributed by atoms with Gasteiger partial charge in [0.2, 0.25) is 0 Å². The van der Waals surface area contributed by atoms with Crippen LogP contribution in [-0.2, 0) is 5.41 Å². The van der Waals surface area contributed by atoms with Gasteiger partial charge in [-0.2, -0.15) is 0 Å². The number of rotatable bonds is 6. The number of para-hydroxylation sites is 1. The van der Waals surface area contributed by atoms with Gasteiger partial charge < -0.3 is 9.32 Å². The van der Waals surface area contributed by atoms with E-state index < -0.39 is 0 Å². The molecule has 0 aliphatic heterocycles. The molecule has 12 rings (SSSR count). The lowest BCUT2D eigenvalue weighted by Crippen LogP contribution is -2.20. The topological polar surface area (TPSA) is 16.4 Å². The molecule has 0 saturated heterocycles. The minimum absolute atomic E-state index is 0.233.